The van der Waals surface area contributed by atoms with Crippen molar-refractivity contribution in [1.82, 2.24) is 24.5 Å². The number of nitrogens with one attached hydrogen (secondary N) is 1. The Bertz CT molecular complexity index is 1300. The summed E-state index contributed by atoms with van der Waals surface area (Å²) in [4.78, 5) is 15.7. The molecule has 3 fully saturated rings. The van der Waals surface area contributed by atoms with E-state index >= 15 is 0 Å². The Morgan fingerprint density at radius 2 is 1.84 bits per heavy atom. The van der Waals surface area contributed by atoms with E-state index in [4.69, 9.17) is 0 Å². The molecule has 1 atom stereocenters. The second-order valence-electron chi connectivity index (χ2n) is 8.71. The van der Waals surface area contributed by atoms with E-state index in [1.165, 1.54) is 18.5 Å². The summed E-state index contributed by atoms with van der Waals surface area (Å²) >= 11 is 0. The Kier molecular flexibility index (Phi) is 3.94. The molecule has 3 aliphatic rings. The van der Waals surface area contributed by atoms with Gasteiger partial charge in [0.2, 0.25) is 0 Å². The number of nitrogens with zero attached hydrogens (tertiary/aromatic N) is 4. The number of hydrogen-bond donors (Lipinski definition) is 1. The minimum atomic E-state index is -4.49. The van der Waals surface area contributed by atoms with Gasteiger partial charge in [-0.3, -0.25) is 0 Å². The van der Waals surface area contributed by atoms with Crippen molar-refractivity contribution in [1.29, 1.82) is 0 Å². The van der Waals surface area contributed by atoms with Crippen LogP contribution in [0.4, 0.5) is 17.6 Å². The van der Waals surface area contributed by atoms with Gasteiger partial charge in [-0.1, -0.05) is 12.8 Å². The third-order valence-electron chi connectivity index (χ3n) is 6.98. The zero-order valence-electron chi connectivity index (χ0n) is 16.5. The maximum Gasteiger partial charge on any atom is 0.418 e. The lowest BCUT2D eigenvalue weighted by Crippen LogP contribution is -2.33. The van der Waals surface area contributed by atoms with Crippen molar-refractivity contribution in [3.63, 3.8) is 0 Å². The normalized spacial score (nSPS) is 23.8. The molecule has 4 aromatic rings. The molecule has 4 heterocycles. The van der Waals surface area contributed by atoms with Gasteiger partial charge in [0, 0.05) is 41.0 Å². The van der Waals surface area contributed by atoms with Crippen LogP contribution in [0.5, 0.6) is 0 Å². The number of rotatable bonds is 2. The highest BCUT2D eigenvalue weighted by atomic mass is 19.4. The monoisotopic (exact) mass is 429 g/mol. The topological polar surface area (TPSA) is 59.4 Å². The number of alkyl halides is 3. The largest absolute Gasteiger partial charge is 0.418 e. The van der Waals surface area contributed by atoms with Crippen LogP contribution < -0.4 is 0 Å². The van der Waals surface area contributed by atoms with Crippen LogP contribution in [0.3, 0.4) is 0 Å². The van der Waals surface area contributed by atoms with Crippen LogP contribution in [-0.2, 0) is 6.18 Å². The maximum absolute atomic E-state index is 13.8. The Morgan fingerprint density at radius 1 is 1.03 bits per heavy atom. The number of aromatic amines is 1. The van der Waals surface area contributed by atoms with Gasteiger partial charge < -0.3 is 9.55 Å². The predicted molar refractivity (Wildman–Crippen MR) is 107 cm³/mol. The Morgan fingerprint density at radius 3 is 2.55 bits per heavy atom. The van der Waals surface area contributed by atoms with Gasteiger partial charge in [-0.2, -0.15) is 13.2 Å². The molecule has 0 radical (unpaired) electrons. The fourth-order valence-corrected chi connectivity index (χ4v) is 5.48. The second-order valence-corrected chi connectivity index (χ2v) is 8.71. The zero-order chi connectivity index (χ0) is 21.3. The van der Waals surface area contributed by atoms with Gasteiger partial charge in [-0.15, -0.1) is 0 Å². The van der Waals surface area contributed by atoms with Crippen LogP contribution in [0.1, 0.15) is 43.7 Å². The highest BCUT2D eigenvalue weighted by Crippen LogP contribution is 2.49. The molecule has 2 bridgehead atoms. The van der Waals surface area contributed by atoms with E-state index in [0.29, 0.717) is 28.4 Å². The Balaban J connectivity index is 1.55. The molecule has 31 heavy (non-hydrogen) atoms. The molecule has 0 amide bonds. The molecule has 5 nitrogen and oxygen atoms in total. The zero-order valence-corrected chi connectivity index (χ0v) is 16.5. The molecular formula is C22H19F4N5. The van der Waals surface area contributed by atoms with Gasteiger partial charge in [-0.05, 0) is 37.2 Å². The summed E-state index contributed by atoms with van der Waals surface area (Å²) in [5, 5.41) is 0.493. The summed E-state index contributed by atoms with van der Waals surface area (Å²) in [5.74, 6) is 0.674. The van der Waals surface area contributed by atoms with Crippen LogP contribution in [0.2, 0.25) is 0 Å². The first-order chi connectivity index (χ1) is 14.9. The van der Waals surface area contributed by atoms with Gasteiger partial charge in [0.25, 0.3) is 0 Å². The minimum Gasteiger partial charge on any atom is -0.345 e. The summed E-state index contributed by atoms with van der Waals surface area (Å²) in [6.07, 6.45) is 5.95. The summed E-state index contributed by atoms with van der Waals surface area (Å²) in [6, 6.07) is 1.33. The van der Waals surface area contributed by atoms with Gasteiger partial charge in [-0.25, -0.2) is 19.3 Å². The number of halogens is 4. The highest BCUT2D eigenvalue weighted by Gasteiger charge is 2.40. The van der Waals surface area contributed by atoms with E-state index in [1.54, 1.807) is 10.8 Å². The van der Waals surface area contributed by atoms with Crippen LogP contribution in [0.15, 0.2) is 30.9 Å². The molecule has 4 aromatic heterocycles. The van der Waals surface area contributed by atoms with Gasteiger partial charge in [0.05, 0.1) is 11.8 Å². The standard InChI is InChI=1S/C22H19F4N5/c23-13-6-14-15(8-28-19(14)27-7-13)20-29-9-16-17(22(24,25)26)10-31(21(16)30-20)18-5-11-1-3-12(18)4-2-11/h6-12,18H,1-5H2,(H,27,28)/t11?,12?,18-/m0/s1. The van der Waals surface area contributed by atoms with E-state index in [9.17, 15) is 17.6 Å². The SMILES string of the molecule is Fc1cnc2[nH]cc(-c3ncc4c(C(F)(F)F)cn([C@H]5CC6CCC5CC6)c4n3)c2c1. The molecule has 0 saturated heterocycles. The summed E-state index contributed by atoms with van der Waals surface area (Å²) in [7, 11) is 0. The van der Waals surface area contributed by atoms with Crippen LogP contribution in [0.25, 0.3) is 33.5 Å². The predicted octanol–water partition coefficient (Wildman–Crippen LogP) is 5.88. The lowest BCUT2D eigenvalue weighted by molar-refractivity contribution is -0.136. The second kappa shape index (κ2) is 6.51. The number of hydrogen-bond acceptors (Lipinski definition) is 3. The summed E-state index contributed by atoms with van der Waals surface area (Å²) < 4.78 is 56.8. The van der Waals surface area contributed by atoms with Crippen LogP contribution in [0, 0.1) is 17.7 Å². The average molecular weight is 429 g/mol. The number of aromatic nitrogens is 5. The highest BCUT2D eigenvalue weighted by molar-refractivity contribution is 5.92. The smallest absolute Gasteiger partial charge is 0.345 e. The van der Waals surface area contributed by atoms with E-state index in [-0.39, 0.29) is 22.9 Å². The Labute approximate surface area is 174 Å². The molecule has 3 aliphatic carbocycles. The quantitative estimate of drug-likeness (QED) is 0.405. The number of pyridine rings is 1. The molecule has 160 valence electrons. The van der Waals surface area contributed by atoms with Crippen LogP contribution in [-0.4, -0.2) is 24.5 Å². The van der Waals surface area contributed by atoms with Gasteiger partial charge in [0.15, 0.2) is 5.82 Å². The molecule has 0 unspecified atom stereocenters. The van der Waals surface area contributed by atoms with Crippen molar-refractivity contribution in [2.75, 3.05) is 0 Å². The fourth-order valence-electron chi connectivity index (χ4n) is 5.48. The molecule has 7 rings (SSSR count). The van der Waals surface area contributed by atoms with E-state index < -0.39 is 17.6 Å². The molecule has 3 saturated carbocycles. The Hall–Kier alpha value is -2.97. The molecule has 0 aromatic carbocycles. The van der Waals surface area contributed by atoms with Crippen molar-refractivity contribution in [3.8, 4) is 11.4 Å². The van der Waals surface area contributed by atoms with Crippen LogP contribution >= 0.6 is 0 Å². The third kappa shape index (κ3) is 2.93. The lowest BCUT2D eigenvalue weighted by atomic mass is 9.68. The van der Waals surface area contributed by atoms with Gasteiger partial charge >= 0.3 is 6.18 Å². The van der Waals surface area contributed by atoms with E-state index in [2.05, 4.69) is 19.9 Å². The van der Waals surface area contributed by atoms with E-state index in [0.717, 1.165) is 38.3 Å². The van der Waals surface area contributed by atoms with E-state index in [1.807, 2.05) is 0 Å². The molecule has 0 spiro atoms. The fraction of sp³-hybridized carbons (Fsp3) is 0.409. The number of H-pyrrole nitrogens is 1. The molecule has 9 heteroatoms. The number of fused-ring (bicyclic) bond motifs is 5. The van der Waals surface area contributed by atoms with Crippen molar-refractivity contribution in [2.24, 2.45) is 11.8 Å². The summed E-state index contributed by atoms with van der Waals surface area (Å²) in [6.45, 7) is 0. The van der Waals surface area contributed by atoms with Crippen molar-refractivity contribution in [3.05, 3.63) is 42.2 Å². The lowest BCUT2D eigenvalue weighted by Gasteiger charge is -2.43. The molecule has 0 aliphatic heterocycles. The summed E-state index contributed by atoms with van der Waals surface area (Å²) in [5.41, 5.74) is 0.558. The maximum atomic E-state index is 13.8. The first-order valence-corrected chi connectivity index (χ1v) is 10.5. The first kappa shape index (κ1) is 18.8. The third-order valence-corrected chi connectivity index (χ3v) is 6.98. The average Bonchev–Trinajstić information content (AvgIpc) is 3.35. The minimum absolute atomic E-state index is 0.00171. The molecule has 1 N–H and O–H groups in total. The van der Waals surface area contributed by atoms with Crippen molar-refractivity contribution < 1.29 is 17.6 Å². The van der Waals surface area contributed by atoms with Crippen molar-refractivity contribution in [2.45, 2.75) is 44.3 Å². The molecular weight excluding hydrogens is 410 g/mol. The van der Waals surface area contributed by atoms with Gasteiger partial charge in [0.1, 0.15) is 17.1 Å². The van der Waals surface area contributed by atoms with Crippen molar-refractivity contribution >= 4 is 22.1 Å². The first-order valence-electron chi connectivity index (χ1n) is 10.5.